The molecule has 2 aliphatic rings. The van der Waals surface area contributed by atoms with Crippen LogP contribution in [-0.2, 0) is 4.74 Å². The zero-order chi connectivity index (χ0) is 15.1. The van der Waals surface area contributed by atoms with E-state index in [0.717, 1.165) is 18.7 Å². The molecule has 116 valence electrons. The van der Waals surface area contributed by atoms with E-state index in [1.165, 1.54) is 0 Å². The first-order valence-electron chi connectivity index (χ1n) is 7.49. The lowest BCUT2D eigenvalue weighted by molar-refractivity contribution is -0.0602. The third-order valence-electron chi connectivity index (χ3n) is 4.14. The fraction of sp³-hybridized carbons (Fsp3) is 0.571. The average Bonchev–Trinajstić information content (AvgIpc) is 3.04. The molecule has 22 heavy (non-hydrogen) atoms. The van der Waals surface area contributed by atoms with Gasteiger partial charge >= 0.3 is 0 Å². The van der Waals surface area contributed by atoms with Crippen molar-refractivity contribution >= 4 is 5.91 Å². The lowest BCUT2D eigenvalue weighted by atomic mass is 10.1. The standard InChI is InChI=1S/C14H17N5O3/c1-8-11(13-16-12(18-22-13)9-2-3-9)19(6-7-21-8)14(20)10-4-5-15-17-10/h4-5,8-9,11H,2-3,6-7H2,1H3,(H,15,17)/t8-,11+/m1/s1. The molecule has 2 atom stereocenters. The monoisotopic (exact) mass is 303 g/mol. The predicted octanol–water partition coefficient (Wildman–Crippen LogP) is 1.27. The summed E-state index contributed by atoms with van der Waals surface area (Å²) < 4.78 is 11.1. The maximum atomic E-state index is 12.7. The lowest BCUT2D eigenvalue weighted by Gasteiger charge is -2.37. The fourth-order valence-corrected chi connectivity index (χ4v) is 2.79. The summed E-state index contributed by atoms with van der Waals surface area (Å²) in [7, 11) is 0. The van der Waals surface area contributed by atoms with Gasteiger partial charge in [-0.1, -0.05) is 5.16 Å². The average molecular weight is 303 g/mol. The first kappa shape index (κ1) is 13.4. The number of carbonyl (C=O) groups excluding carboxylic acids is 1. The van der Waals surface area contributed by atoms with Crippen LogP contribution in [0.5, 0.6) is 0 Å². The van der Waals surface area contributed by atoms with Crippen molar-refractivity contribution in [1.29, 1.82) is 0 Å². The number of morpholine rings is 1. The molecule has 2 fully saturated rings. The highest BCUT2D eigenvalue weighted by Crippen LogP contribution is 2.39. The molecular weight excluding hydrogens is 286 g/mol. The van der Waals surface area contributed by atoms with E-state index in [0.29, 0.717) is 30.7 Å². The van der Waals surface area contributed by atoms with Gasteiger partial charge in [0, 0.05) is 18.7 Å². The van der Waals surface area contributed by atoms with Gasteiger partial charge in [0.1, 0.15) is 11.7 Å². The Kier molecular flexibility index (Phi) is 3.18. The van der Waals surface area contributed by atoms with Gasteiger partial charge in [-0.3, -0.25) is 9.89 Å². The molecule has 1 aliphatic heterocycles. The van der Waals surface area contributed by atoms with Crippen molar-refractivity contribution in [2.75, 3.05) is 13.2 Å². The second-order valence-electron chi connectivity index (χ2n) is 5.75. The summed E-state index contributed by atoms with van der Waals surface area (Å²) in [4.78, 5) is 18.8. The highest BCUT2D eigenvalue weighted by Gasteiger charge is 2.39. The molecule has 2 aromatic heterocycles. The zero-order valence-corrected chi connectivity index (χ0v) is 12.2. The number of hydrogen-bond acceptors (Lipinski definition) is 6. The minimum Gasteiger partial charge on any atom is -0.374 e. The summed E-state index contributed by atoms with van der Waals surface area (Å²) in [5.41, 5.74) is 0.445. The topological polar surface area (TPSA) is 97.1 Å². The summed E-state index contributed by atoms with van der Waals surface area (Å²) in [6.45, 7) is 2.88. The minimum absolute atomic E-state index is 0.135. The Morgan fingerprint density at radius 1 is 1.45 bits per heavy atom. The van der Waals surface area contributed by atoms with E-state index in [2.05, 4.69) is 20.3 Å². The molecular formula is C14H17N5O3. The van der Waals surface area contributed by atoms with Crippen LogP contribution in [0.2, 0.25) is 0 Å². The Labute approximate surface area is 126 Å². The smallest absolute Gasteiger partial charge is 0.272 e. The SMILES string of the molecule is C[C@H]1OCCN(C(=O)c2ccn[nH]2)[C@@H]1c1nc(C2CC2)no1. The van der Waals surface area contributed by atoms with Crippen LogP contribution >= 0.6 is 0 Å². The Bertz CT molecular complexity index is 664. The fourth-order valence-electron chi connectivity index (χ4n) is 2.79. The number of rotatable bonds is 3. The van der Waals surface area contributed by atoms with Crippen molar-refractivity contribution in [1.82, 2.24) is 25.2 Å². The summed E-state index contributed by atoms with van der Waals surface area (Å²) in [5.74, 6) is 1.46. The Hall–Kier alpha value is -2.22. The summed E-state index contributed by atoms with van der Waals surface area (Å²) in [6.07, 6.45) is 3.57. The van der Waals surface area contributed by atoms with Crippen LogP contribution in [-0.4, -0.2) is 50.4 Å². The second kappa shape index (κ2) is 5.20. The van der Waals surface area contributed by atoms with Crippen molar-refractivity contribution < 1.29 is 14.1 Å². The number of nitrogens with one attached hydrogen (secondary N) is 1. The van der Waals surface area contributed by atoms with Gasteiger partial charge in [-0.15, -0.1) is 0 Å². The Morgan fingerprint density at radius 2 is 2.32 bits per heavy atom. The molecule has 1 aliphatic carbocycles. The quantitative estimate of drug-likeness (QED) is 0.917. The van der Waals surface area contributed by atoms with Gasteiger partial charge in [0.05, 0.1) is 12.7 Å². The molecule has 0 unspecified atom stereocenters. The lowest BCUT2D eigenvalue weighted by Crippen LogP contribution is -2.47. The Morgan fingerprint density at radius 3 is 3.05 bits per heavy atom. The third-order valence-corrected chi connectivity index (χ3v) is 4.14. The molecule has 0 radical (unpaired) electrons. The van der Waals surface area contributed by atoms with Crippen LogP contribution in [0.4, 0.5) is 0 Å². The molecule has 1 amide bonds. The minimum atomic E-state index is -0.371. The van der Waals surface area contributed by atoms with Crippen molar-refractivity contribution in [2.45, 2.75) is 37.8 Å². The molecule has 1 saturated carbocycles. The van der Waals surface area contributed by atoms with E-state index in [4.69, 9.17) is 9.26 Å². The molecule has 4 rings (SSSR count). The molecule has 0 spiro atoms. The van der Waals surface area contributed by atoms with Crippen LogP contribution in [0, 0.1) is 0 Å². The normalized spacial score (nSPS) is 25.4. The highest BCUT2D eigenvalue weighted by molar-refractivity contribution is 5.92. The van der Waals surface area contributed by atoms with Crippen molar-refractivity contribution in [3.05, 3.63) is 29.7 Å². The number of H-pyrrole nitrogens is 1. The molecule has 0 bridgehead atoms. The summed E-state index contributed by atoms with van der Waals surface area (Å²) in [6, 6.07) is 1.28. The second-order valence-corrected chi connectivity index (χ2v) is 5.75. The number of aromatic nitrogens is 4. The van der Waals surface area contributed by atoms with Crippen LogP contribution in [0.15, 0.2) is 16.8 Å². The van der Waals surface area contributed by atoms with Gasteiger partial charge in [0.25, 0.3) is 11.8 Å². The van der Waals surface area contributed by atoms with Crippen molar-refractivity contribution in [3.8, 4) is 0 Å². The van der Waals surface area contributed by atoms with Gasteiger partial charge in [-0.2, -0.15) is 10.1 Å². The molecule has 8 heteroatoms. The van der Waals surface area contributed by atoms with E-state index in [1.54, 1.807) is 17.2 Å². The largest absolute Gasteiger partial charge is 0.374 e. The number of amides is 1. The number of carbonyl (C=O) groups is 1. The first-order valence-corrected chi connectivity index (χ1v) is 7.49. The van der Waals surface area contributed by atoms with Gasteiger partial charge < -0.3 is 14.2 Å². The van der Waals surface area contributed by atoms with E-state index in [-0.39, 0.29) is 18.1 Å². The zero-order valence-electron chi connectivity index (χ0n) is 12.2. The third kappa shape index (κ3) is 2.29. The number of ether oxygens (including phenoxy) is 1. The highest BCUT2D eigenvalue weighted by atomic mass is 16.5. The van der Waals surface area contributed by atoms with Crippen LogP contribution in [0.1, 0.15) is 53.9 Å². The summed E-state index contributed by atoms with van der Waals surface area (Å²) in [5, 5.41) is 10.6. The van der Waals surface area contributed by atoms with Crippen LogP contribution in [0.3, 0.4) is 0 Å². The van der Waals surface area contributed by atoms with Crippen molar-refractivity contribution in [3.63, 3.8) is 0 Å². The van der Waals surface area contributed by atoms with Crippen molar-refractivity contribution in [2.24, 2.45) is 0 Å². The van der Waals surface area contributed by atoms with E-state index in [1.807, 2.05) is 6.92 Å². The molecule has 1 saturated heterocycles. The molecule has 0 aromatic carbocycles. The molecule has 3 heterocycles. The molecule has 8 nitrogen and oxygen atoms in total. The number of hydrogen-bond donors (Lipinski definition) is 1. The van der Waals surface area contributed by atoms with Crippen LogP contribution in [0.25, 0.3) is 0 Å². The maximum Gasteiger partial charge on any atom is 0.272 e. The molecule has 1 N–H and O–H groups in total. The molecule has 2 aromatic rings. The van der Waals surface area contributed by atoms with E-state index in [9.17, 15) is 4.79 Å². The summed E-state index contributed by atoms with van der Waals surface area (Å²) >= 11 is 0. The van der Waals surface area contributed by atoms with E-state index < -0.39 is 0 Å². The number of aromatic amines is 1. The van der Waals surface area contributed by atoms with Gasteiger partial charge in [0.2, 0.25) is 0 Å². The van der Waals surface area contributed by atoms with Gasteiger partial charge in [0.15, 0.2) is 5.82 Å². The van der Waals surface area contributed by atoms with Gasteiger partial charge in [-0.05, 0) is 25.8 Å². The predicted molar refractivity (Wildman–Crippen MR) is 74.1 cm³/mol. The maximum absolute atomic E-state index is 12.7. The number of nitrogens with zero attached hydrogens (tertiary/aromatic N) is 4. The van der Waals surface area contributed by atoms with E-state index >= 15 is 0 Å². The van der Waals surface area contributed by atoms with Gasteiger partial charge in [-0.25, -0.2) is 0 Å². The van der Waals surface area contributed by atoms with Crippen LogP contribution < -0.4 is 0 Å². The first-order chi connectivity index (χ1) is 10.7. The Balaban J connectivity index is 1.64.